The summed E-state index contributed by atoms with van der Waals surface area (Å²) in [6.07, 6.45) is 5.29. The number of nitrogens with zero attached hydrogens (tertiary/aromatic N) is 2. The fraction of sp³-hybridized carbons (Fsp3) is 0.367. The van der Waals surface area contributed by atoms with Gasteiger partial charge in [0.05, 0.1) is 36.0 Å². The Morgan fingerprint density at radius 1 is 1.09 bits per heavy atom. The van der Waals surface area contributed by atoms with Crippen LogP contribution in [0.3, 0.4) is 0 Å². The first-order chi connectivity index (χ1) is 20.6. The van der Waals surface area contributed by atoms with Gasteiger partial charge in [0.1, 0.15) is 12.4 Å². The standard InChI is InChI=1S/C30H32Cl2N4O6S/c1-41-25-16-18(31)15-22(32)27(25)28-26(29(37)34-42-17-19-9-7-8-14-33-19)20-10-3-4-11-21(20)30(38)36(28)24-13-6-5-12-23(24)35-43(2,39)40/h3-4,7-11,14-16,23-24,26,28,35H,5-6,12-13,17H2,1-2H3,(H,34,37)/t23-,24-,26-,28-/m1/s1. The van der Waals surface area contributed by atoms with E-state index in [4.69, 9.17) is 32.8 Å². The molecule has 2 aliphatic rings. The molecule has 1 saturated carbocycles. The Bertz CT molecular complexity index is 1610. The molecule has 10 nitrogen and oxygen atoms in total. The molecule has 0 saturated heterocycles. The molecule has 0 bridgehead atoms. The van der Waals surface area contributed by atoms with Gasteiger partial charge in [0.25, 0.3) is 11.8 Å². The van der Waals surface area contributed by atoms with Crippen LogP contribution in [0.5, 0.6) is 5.75 Å². The topological polar surface area (TPSA) is 127 Å². The number of ether oxygens (including phenoxy) is 1. The first-order valence-corrected chi connectivity index (χ1v) is 16.5. The molecule has 1 aliphatic carbocycles. The third-order valence-electron chi connectivity index (χ3n) is 7.80. The zero-order valence-corrected chi connectivity index (χ0v) is 26.0. The Morgan fingerprint density at radius 2 is 1.84 bits per heavy atom. The van der Waals surface area contributed by atoms with Crippen LogP contribution in [0.25, 0.3) is 0 Å². The van der Waals surface area contributed by atoms with Gasteiger partial charge in [-0.3, -0.25) is 19.4 Å². The van der Waals surface area contributed by atoms with Gasteiger partial charge in [0.15, 0.2) is 0 Å². The van der Waals surface area contributed by atoms with Crippen molar-refractivity contribution in [2.45, 2.75) is 56.3 Å². The number of hydroxylamine groups is 1. The number of pyridine rings is 1. The maximum atomic E-state index is 14.4. The number of hydrogen-bond acceptors (Lipinski definition) is 7. The summed E-state index contributed by atoms with van der Waals surface area (Å²) in [6, 6.07) is 13.2. The van der Waals surface area contributed by atoms with Gasteiger partial charge in [-0.25, -0.2) is 18.6 Å². The SMILES string of the molecule is COc1cc(Cl)cc(Cl)c1[C@H]1[C@H](C(=O)NOCc2ccccn2)c2ccccc2C(=O)N1[C@@H]1CCCC[C@H]1NS(C)(=O)=O. The Labute approximate surface area is 260 Å². The van der Waals surface area contributed by atoms with E-state index in [1.165, 1.54) is 13.2 Å². The molecule has 0 spiro atoms. The van der Waals surface area contributed by atoms with Crippen LogP contribution in [-0.4, -0.2) is 55.6 Å². The maximum absolute atomic E-state index is 14.4. The molecule has 2 heterocycles. The molecule has 13 heteroatoms. The third-order valence-corrected chi connectivity index (χ3v) is 9.06. The summed E-state index contributed by atoms with van der Waals surface area (Å²) in [4.78, 5) is 40.0. The van der Waals surface area contributed by atoms with E-state index in [9.17, 15) is 18.0 Å². The number of aromatic nitrogens is 1. The second-order valence-corrected chi connectivity index (χ2v) is 13.3. The summed E-state index contributed by atoms with van der Waals surface area (Å²) < 4.78 is 33.2. The molecule has 2 N–H and O–H groups in total. The van der Waals surface area contributed by atoms with Gasteiger partial charge in [-0.15, -0.1) is 0 Å². The highest BCUT2D eigenvalue weighted by Gasteiger charge is 2.50. The first-order valence-electron chi connectivity index (χ1n) is 13.8. The minimum Gasteiger partial charge on any atom is -0.496 e. The fourth-order valence-electron chi connectivity index (χ4n) is 6.11. The van der Waals surface area contributed by atoms with Crippen LogP contribution >= 0.6 is 23.2 Å². The zero-order chi connectivity index (χ0) is 30.7. The Kier molecular flexibility index (Phi) is 9.57. The fourth-order valence-corrected chi connectivity index (χ4v) is 7.52. The lowest BCUT2D eigenvalue weighted by Gasteiger charge is -2.49. The highest BCUT2D eigenvalue weighted by molar-refractivity contribution is 7.88. The molecule has 228 valence electrons. The zero-order valence-electron chi connectivity index (χ0n) is 23.6. The van der Waals surface area contributed by atoms with E-state index >= 15 is 0 Å². The largest absolute Gasteiger partial charge is 0.496 e. The Hall–Kier alpha value is -3.22. The molecule has 1 fully saturated rings. The van der Waals surface area contributed by atoms with Gasteiger partial charge in [-0.1, -0.05) is 60.3 Å². The van der Waals surface area contributed by atoms with Gasteiger partial charge < -0.3 is 9.64 Å². The highest BCUT2D eigenvalue weighted by Crippen LogP contribution is 2.50. The average molecular weight is 648 g/mol. The van der Waals surface area contributed by atoms with E-state index in [1.54, 1.807) is 53.6 Å². The number of amides is 2. The normalized spacial score (nSPS) is 22.1. The predicted octanol–water partition coefficient (Wildman–Crippen LogP) is 4.79. The van der Waals surface area contributed by atoms with Gasteiger partial charge in [0.2, 0.25) is 10.0 Å². The monoisotopic (exact) mass is 646 g/mol. The molecule has 0 radical (unpaired) electrons. The summed E-state index contributed by atoms with van der Waals surface area (Å²) in [5.74, 6) is -1.59. The molecule has 2 aromatic carbocycles. The minimum absolute atomic E-state index is 0.0161. The van der Waals surface area contributed by atoms with Gasteiger partial charge in [-0.05, 0) is 48.7 Å². The van der Waals surface area contributed by atoms with Crippen LogP contribution in [0.4, 0.5) is 0 Å². The lowest BCUT2D eigenvalue weighted by molar-refractivity contribution is -0.138. The molecule has 43 heavy (non-hydrogen) atoms. The van der Waals surface area contributed by atoms with Crippen molar-refractivity contribution in [3.63, 3.8) is 0 Å². The van der Waals surface area contributed by atoms with Crippen molar-refractivity contribution in [2.24, 2.45) is 0 Å². The molecule has 1 aromatic heterocycles. The predicted molar refractivity (Wildman–Crippen MR) is 162 cm³/mol. The lowest BCUT2D eigenvalue weighted by Crippen LogP contribution is -2.59. The number of methoxy groups -OCH3 is 1. The second-order valence-electron chi connectivity index (χ2n) is 10.7. The van der Waals surface area contributed by atoms with Crippen molar-refractivity contribution in [1.82, 2.24) is 20.1 Å². The van der Waals surface area contributed by atoms with Crippen LogP contribution in [0.15, 0.2) is 60.8 Å². The highest BCUT2D eigenvalue weighted by atomic mass is 35.5. The van der Waals surface area contributed by atoms with E-state index < -0.39 is 40.0 Å². The number of benzene rings is 2. The molecule has 0 unspecified atom stereocenters. The van der Waals surface area contributed by atoms with Crippen molar-refractivity contribution in [3.8, 4) is 5.75 Å². The molecule has 5 rings (SSSR count). The Balaban J connectivity index is 1.65. The summed E-state index contributed by atoms with van der Waals surface area (Å²) >= 11 is 13.2. The smallest absolute Gasteiger partial charge is 0.255 e. The second kappa shape index (κ2) is 13.2. The van der Waals surface area contributed by atoms with Crippen LogP contribution < -0.4 is 14.9 Å². The van der Waals surface area contributed by atoms with Crippen LogP contribution in [0, 0.1) is 0 Å². The summed E-state index contributed by atoms with van der Waals surface area (Å²) in [6.45, 7) is 0.0161. The quantitative estimate of drug-likeness (QED) is 0.320. The molecule has 1 aliphatic heterocycles. The molecule has 3 aromatic rings. The number of rotatable bonds is 9. The number of fused-ring (bicyclic) bond motifs is 1. The van der Waals surface area contributed by atoms with Gasteiger partial charge >= 0.3 is 0 Å². The molecule has 2 amide bonds. The average Bonchev–Trinajstić information content (AvgIpc) is 2.97. The van der Waals surface area contributed by atoms with E-state index in [1.807, 2.05) is 6.07 Å². The van der Waals surface area contributed by atoms with E-state index in [0.29, 0.717) is 40.2 Å². The summed E-state index contributed by atoms with van der Waals surface area (Å²) in [5, 5.41) is 0.510. The summed E-state index contributed by atoms with van der Waals surface area (Å²) in [5.41, 5.74) is 4.36. The molecular weight excluding hydrogens is 615 g/mol. The number of nitrogens with one attached hydrogen (secondary N) is 2. The van der Waals surface area contributed by atoms with Crippen molar-refractivity contribution in [1.29, 1.82) is 0 Å². The van der Waals surface area contributed by atoms with E-state index in [0.717, 1.165) is 19.1 Å². The number of carbonyl (C=O) groups excluding carboxylic acids is 2. The first kappa shape index (κ1) is 31.2. The van der Waals surface area contributed by atoms with Crippen LogP contribution in [-0.2, 0) is 26.3 Å². The van der Waals surface area contributed by atoms with Crippen LogP contribution in [0.1, 0.15) is 64.8 Å². The summed E-state index contributed by atoms with van der Waals surface area (Å²) in [7, 11) is -2.16. The maximum Gasteiger partial charge on any atom is 0.255 e. The van der Waals surface area contributed by atoms with Gasteiger partial charge in [0, 0.05) is 34.4 Å². The Morgan fingerprint density at radius 3 is 2.56 bits per heavy atom. The van der Waals surface area contributed by atoms with E-state index in [2.05, 4.69) is 15.2 Å². The number of halogens is 2. The number of sulfonamides is 1. The van der Waals surface area contributed by atoms with E-state index in [-0.39, 0.29) is 23.3 Å². The van der Waals surface area contributed by atoms with Crippen molar-refractivity contribution in [2.75, 3.05) is 13.4 Å². The minimum atomic E-state index is -3.61. The van der Waals surface area contributed by atoms with Gasteiger partial charge in [-0.2, -0.15) is 0 Å². The third kappa shape index (κ3) is 6.81. The molecule has 4 atom stereocenters. The lowest BCUT2D eigenvalue weighted by atomic mass is 9.76. The van der Waals surface area contributed by atoms with Crippen molar-refractivity contribution >= 4 is 45.0 Å². The van der Waals surface area contributed by atoms with Crippen LogP contribution in [0.2, 0.25) is 10.0 Å². The molecular formula is C30H32Cl2N4O6S. The number of hydrogen-bond donors (Lipinski definition) is 2. The van der Waals surface area contributed by atoms with Crippen molar-refractivity contribution < 1.29 is 27.6 Å². The van der Waals surface area contributed by atoms with Crippen molar-refractivity contribution in [3.05, 3.63) is 93.2 Å². The number of carbonyl (C=O) groups is 2.